The van der Waals surface area contributed by atoms with Crippen molar-refractivity contribution in [2.24, 2.45) is 10.9 Å². The number of oxime groups is 1. The molecule has 0 spiro atoms. The number of halogens is 1. The van der Waals surface area contributed by atoms with Crippen molar-refractivity contribution in [2.75, 3.05) is 0 Å². The Morgan fingerprint density at radius 3 is 2.71 bits per heavy atom. The number of nitrogens with two attached hydrogens (primary N) is 1. The maximum atomic E-state index is 14.2. The number of hydrogen-bond donors (Lipinski definition) is 3. The molecule has 0 fully saturated rings. The molecule has 0 aliphatic heterocycles. The van der Waals surface area contributed by atoms with Gasteiger partial charge in [-0.1, -0.05) is 29.4 Å². The SMILES string of the molecule is N/C(=N/O)c1cccc(COc2cccc(CO)c2)c1F. The minimum atomic E-state index is -0.592. The molecule has 0 unspecified atom stereocenters. The van der Waals surface area contributed by atoms with Gasteiger partial charge in [0.25, 0.3) is 0 Å². The molecule has 110 valence electrons. The molecule has 5 nitrogen and oxygen atoms in total. The number of aliphatic hydroxyl groups excluding tert-OH is 1. The van der Waals surface area contributed by atoms with Gasteiger partial charge in [0, 0.05) is 5.56 Å². The average molecular weight is 290 g/mol. The molecule has 0 bridgehead atoms. The van der Waals surface area contributed by atoms with Crippen molar-refractivity contribution in [1.29, 1.82) is 0 Å². The summed E-state index contributed by atoms with van der Waals surface area (Å²) in [7, 11) is 0. The van der Waals surface area contributed by atoms with Gasteiger partial charge in [-0.15, -0.1) is 0 Å². The van der Waals surface area contributed by atoms with E-state index < -0.39 is 5.82 Å². The summed E-state index contributed by atoms with van der Waals surface area (Å²) in [6.07, 6.45) is 0. The molecule has 0 aliphatic carbocycles. The predicted octanol–water partition coefficient (Wildman–Crippen LogP) is 1.99. The summed E-state index contributed by atoms with van der Waals surface area (Å²) in [4.78, 5) is 0. The van der Waals surface area contributed by atoms with Crippen molar-refractivity contribution in [1.82, 2.24) is 0 Å². The summed E-state index contributed by atoms with van der Waals surface area (Å²) < 4.78 is 19.7. The zero-order chi connectivity index (χ0) is 15.2. The Hall–Kier alpha value is -2.60. The first-order valence-electron chi connectivity index (χ1n) is 6.23. The monoisotopic (exact) mass is 290 g/mol. The molecule has 0 atom stereocenters. The first-order chi connectivity index (χ1) is 10.2. The van der Waals surface area contributed by atoms with Crippen LogP contribution in [0, 0.1) is 5.82 Å². The average Bonchev–Trinajstić information content (AvgIpc) is 2.53. The van der Waals surface area contributed by atoms with Crippen LogP contribution in [-0.4, -0.2) is 16.1 Å². The zero-order valence-corrected chi connectivity index (χ0v) is 11.2. The van der Waals surface area contributed by atoms with E-state index in [0.717, 1.165) is 0 Å². The van der Waals surface area contributed by atoms with E-state index in [-0.39, 0.29) is 30.2 Å². The van der Waals surface area contributed by atoms with Gasteiger partial charge in [0.2, 0.25) is 0 Å². The third kappa shape index (κ3) is 3.49. The van der Waals surface area contributed by atoms with Crippen LogP contribution < -0.4 is 10.5 Å². The number of rotatable bonds is 5. The fraction of sp³-hybridized carbons (Fsp3) is 0.133. The molecule has 21 heavy (non-hydrogen) atoms. The smallest absolute Gasteiger partial charge is 0.173 e. The lowest BCUT2D eigenvalue weighted by atomic mass is 10.1. The standard InChI is InChI=1S/C15H15FN2O3/c16-14-11(4-2-6-13(14)15(17)18-20)9-21-12-5-1-3-10(7-12)8-19/h1-7,19-20H,8-9H2,(H2,17,18). The van der Waals surface area contributed by atoms with Gasteiger partial charge in [-0.05, 0) is 23.8 Å². The topological polar surface area (TPSA) is 88.1 Å². The molecule has 0 saturated carbocycles. The number of benzene rings is 2. The normalized spacial score (nSPS) is 11.4. The van der Waals surface area contributed by atoms with E-state index in [0.29, 0.717) is 11.3 Å². The number of amidine groups is 1. The molecule has 4 N–H and O–H groups in total. The second kappa shape index (κ2) is 6.71. The molecule has 0 heterocycles. The largest absolute Gasteiger partial charge is 0.489 e. The molecule has 6 heteroatoms. The Bertz CT molecular complexity index is 659. The number of ether oxygens (including phenoxy) is 1. The highest BCUT2D eigenvalue weighted by Gasteiger charge is 2.12. The molecule has 2 aromatic carbocycles. The Kier molecular flexibility index (Phi) is 4.73. The maximum absolute atomic E-state index is 14.2. The summed E-state index contributed by atoms with van der Waals surface area (Å²) in [5, 5.41) is 20.4. The molecule has 2 rings (SSSR count). The van der Waals surface area contributed by atoms with Gasteiger partial charge < -0.3 is 20.8 Å². The Morgan fingerprint density at radius 2 is 2.00 bits per heavy atom. The van der Waals surface area contributed by atoms with Crippen LogP contribution in [0.1, 0.15) is 16.7 Å². The first-order valence-corrected chi connectivity index (χ1v) is 6.23. The van der Waals surface area contributed by atoms with Gasteiger partial charge in [-0.2, -0.15) is 0 Å². The summed E-state index contributed by atoms with van der Waals surface area (Å²) >= 11 is 0. The minimum Gasteiger partial charge on any atom is -0.489 e. The van der Waals surface area contributed by atoms with Crippen molar-refractivity contribution < 1.29 is 19.4 Å². The van der Waals surface area contributed by atoms with E-state index in [4.69, 9.17) is 20.8 Å². The predicted molar refractivity (Wildman–Crippen MR) is 75.6 cm³/mol. The van der Waals surface area contributed by atoms with Gasteiger partial charge in [0.05, 0.1) is 12.2 Å². The lowest BCUT2D eigenvalue weighted by Gasteiger charge is -2.10. The minimum absolute atomic E-state index is 0.00668. The molecular formula is C15H15FN2O3. The van der Waals surface area contributed by atoms with E-state index in [1.165, 1.54) is 6.07 Å². The number of aliphatic hydroxyl groups is 1. The number of nitrogens with zero attached hydrogens (tertiary/aromatic N) is 1. The Morgan fingerprint density at radius 1 is 1.24 bits per heavy atom. The molecule has 0 aromatic heterocycles. The Labute approximate surface area is 121 Å². The highest BCUT2D eigenvalue weighted by atomic mass is 19.1. The van der Waals surface area contributed by atoms with Crippen molar-refractivity contribution in [3.05, 3.63) is 65.0 Å². The first kappa shape index (κ1) is 14.8. The lowest BCUT2D eigenvalue weighted by Crippen LogP contribution is -2.16. The van der Waals surface area contributed by atoms with E-state index in [1.807, 2.05) is 0 Å². The van der Waals surface area contributed by atoms with Crippen molar-refractivity contribution in [2.45, 2.75) is 13.2 Å². The second-order valence-corrected chi connectivity index (χ2v) is 4.36. The summed E-state index contributed by atoms with van der Waals surface area (Å²) in [6.45, 7) is -0.0994. The molecule has 0 amide bonds. The van der Waals surface area contributed by atoms with E-state index in [9.17, 15) is 4.39 Å². The van der Waals surface area contributed by atoms with E-state index >= 15 is 0 Å². The van der Waals surface area contributed by atoms with Crippen LogP contribution in [0.3, 0.4) is 0 Å². The van der Waals surface area contributed by atoms with Gasteiger partial charge in [0.1, 0.15) is 18.2 Å². The van der Waals surface area contributed by atoms with Crippen LogP contribution in [-0.2, 0) is 13.2 Å². The van der Waals surface area contributed by atoms with Crippen LogP contribution in [0.5, 0.6) is 5.75 Å². The third-order valence-corrected chi connectivity index (χ3v) is 2.94. The number of hydrogen-bond acceptors (Lipinski definition) is 4. The third-order valence-electron chi connectivity index (χ3n) is 2.94. The fourth-order valence-corrected chi connectivity index (χ4v) is 1.84. The summed E-state index contributed by atoms with van der Waals surface area (Å²) in [5.74, 6) is -0.363. The van der Waals surface area contributed by atoms with E-state index in [2.05, 4.69) is 5.16 Å². The van der Waals surface area contributed by atoms with Crippen LogP contribution in [0.2, 0.25) is 0 Å². The molecule has 0 radical (unpaired) electrons. The fourth-order valence-electron chi connectivity index (χ4n) is 1.84. The lowest BCUT2D eigenvalue weighted by molar-refractivity contribution is 0.277. The quantitative estimate of drug-likeness (QED) is 0.340. The molecular weight excluding hydrogens is 275 g/mol. The van der Waals surface area contributed by atoms with Crippen LogP contribution in [0.4, 0.5) is 4.39 Å². The highest BCUT2D eigenvalue weighted by Crippen LogP contribution is 2.18. The molecule has 0 aliphatic rings. The van der Waals surface area contributed by atoms with Gasteiger partial charge in [-0.3, -0.25) is 0 Å². The summed E-state index contributed by atoms with van der Waals surface area (Å²) in [6, 6.07) is 11.4. The van der Waals surface area contributed by atoms with Gasteiger partial charge in [-0.25, -0.2) is 4.39 Å². The van der Waals surface area contributed by atoms with Crippen LogP contribution in [0.15, 0.2) is 47.6 Å². The maximum Gasteiger partial charge on any atom is 0.173 e. The van der Waals surface area contributed by atoms with Crippen molar-refractivity contribution >= 4 is 5.84 Å². The summed E-state index contributed by atoms with van der Waals surface area (Å²) in [5.41, 5.74) is 6.41. The van der Waals surface area contributed by atoms with Crippen LogP contribution in [0.25, 0.3) is 0 Å². The zero-order valence-electron chi connectivity index (χ0n) is 11.2. The van der Waals surface area contributed by atoms with E-state index in [1.54, 1.807) is 36.4 Å². The van der Waals surface area contributed by atoms with Crippen LogP contribution >= 0.6 is 0 Å². The molecule has 0 saturated heterocycles. The second-order valence-electron chi connectivity index (χ2n) is 4.36. The van der Waals surface area contributed by atoms with Gasteiger partial charge in [0.15, 0.2) is 5.84 Å². The van der Waals surface area contributed by atoms with Crippen molar-refractivity contribution in [3.8, 4) is 5.75 Å². The highest BCUT2D eigenvalue weighted by molar-refractivity contribution is 5.97. The van der Waals surface area contributed by atoms with Gasteiger partial charge >= 0.3 is 0 Å². The van der Waals surface area contributed by atoms with Crippen molar-refractivity contribution in [3.63, 3.8) is 0 Å². The molecule has 2 aromatic rings. The Balaban J connectivity index is 2.16.